The smallest absolute Gasteiger partial charge is 0.0257 e. The maximum atomic E-state index is 2.54. The van der Waals surface area contributed by atoms with Crippen molar-refractivity contribution >= 4 is 0 Å². The minimum absolute atomic E-state index is 0.787. The third kappa shape index (κ3) is 1.99. The highest BCUT2D eigenvalue weighted by Crippen LogP contribution is 2.19. The number of hydrogen-bond donors (Lipinski definition) is 0. The molecule has 0 amide bonds. The minimum atomic E-state index is 0.787. The lowest BCUT2D eigenvalue weighted by Crippen LogP contribution is -2.37. The zero-order valence-electron chi connectivity index (χ0n) is 8.88. The molecule has 1 fully saturated rings. The molecule has 0 aliphatic carbocycles. The molecule has 0 bridgehead atoms. The average Bonchev–Trinajstić information content (AvgIpc) is 2.45. The van der Waals surface area contributed by atoms with E-state index < -0.39 is 0 Å². The maximum Gasteiger partial charge on any atom is 0.0257 e. The summed E-state index contributed by atoms with van der Waals surface area (Å²) >= 11 is 0. The quantitative estimate of drug-likeness (QED) is 0.629. The Hall–Kier alpha value is -0.0800. The van der Waals surface area contributed by atoms with E-state index in [9.17, 15) is 0 Å². The Morgan fingerprint density at radius 3 is 2.42 bits per heavy atom. The van der Waals surface area contributed by atoms with Crippen LogP contribution in [0.15, 0.2) is 0 Å². The molecule has 2 atom stereocenters. The lowest BCUT2D eigenvalue weighted by Gasteiger charge is -2.25. The standard InChI is InChI=1S/C10H22N2/c1-5-11(4)10-8-12(6-2)7-9(10)3/h9-10H,5-8H2,1-4H3. The fraction of sp³-hybridized carbons (Fsp3) is 1.00. The van der Waals surface area contributed by atoms with E-state index in [4.69, 9.17) is 0 Å². The van der Waals surface area contributed by atoms with E-state index in [1.54, 1.807) is 0 Å². The van der Waals surface area contributed by atoms with Crippen molar-refractivity contribution in [1.82, 2.24) is 9.80 Å². The molecule has 1 heterocycles. The van der Waals surface area contributed by atoms with Crippen molar-refractivity contribution in [2.45, 2.75) is 26.8 Å². The van der Waals surface area contributed by atoms with E-state index >= 15 is 0 Å². The highest BCUT2D eigenvalue weighted by atomic mass is 15.2. The molecule has 0 spiro atoms. The monoisotopic (exact) mass is 170 g/mol. The summed E-state index contributed by atoms with van der Waals surface area (Å²) in [5.74, 6) is 0.842. The third-order valence-electron chi connectivity index (χ3n) is 3.16. The van der Waals surface area contributed by atoms with Crippen LogP contribution in [0, 0.1) is 5.92 Å². The molecule has 72 valence electrons. The number of likely N-dealkylation sites (N-methyl/N-ethyl adjacent to an activating group) is 2. The zero-order chi connectivity index (χ0) is 9.14. The lowest BCUT2D eigenvalue weighted by molar-refractivity contribution is 0.222. The molecule has 0 aromatic rings. The van der Waals surface area contributed by atoms with Crippen molar-refractivity contribution in [2.75, 3.05) is 33.2 Å². The van der Waals surface area contributed by atoms with Gasteiger partial charge in [0.1, 0.15) is 0 Å². The van der Waals surface area contributed by atoms with Crippen LogP contribution in [0.4, 0.5) is 0 Å². The summed E-state index contributed by atoms with van der Waals surface area (Å²) in [5.41, 5.74) is 0. The van der Waals surface area contributed by atoms with Crippen molar-refractivity contribution in [3.8, 4) is 0 Å². The van der Waals surface area contributed by atoms with Crippen molar-refractivity contribution in [3.63, 3.8) is 0 Å². The molecule has 1 saturated heterocycles. The van der Waals surface area contributed by atoms with Gasteiger partial charge in [-0.3, -0.25) is 0 Å². The van der Waals surface area contributed by atoms with Crippen LogP contribution in [-0.2, 0) is 0 Å². The summed E-state index contributed by atoms with van der Waals surface area (Å²) in [5, 5.41) is 0. The van der Waals surface area contributed by atoms with Gasteiger partial charge in [0.25, 0.3) is 0 Å². The molecule has 2 unspecified atom stereocenters. The minimum Gasteiger partial charge on any atom is -0.302 e. The highest BCUT2D eigenvalue weighted by Gasteiger charge is 2.30. The summed E-state index contributed by atoms with van der Waals surface area (Å²) < 4.78 is 0. The summed E-state index contributed by atoms with van der Waals surface area (Å²) in [7, 11) is 2.24. The maximum absolute atomic E-state index is 2.54. The molecule has 2 nitrogen and oxygen atoms in total. The van der Waals surface area contributed by atoms with Gasteiger partial charge in [-0.15, -0.1) is 0 Å². The van der Waals surface area contributed by atoms with Gasteiger partial charge < -0.3 is 9.80 Å². The molecule has 1 aliphatic heterocycles. The molecule has 0 aromatic heterocycles. The van der Waals surface area contributed by atoms with Crippen LogP contribution in [0.5, 0.6) is 0 Å². The first-order chi connectivity index (χ1) is 5.69. The molecule has 0 radical (unpaired) electrons. The van der Waals surface area contributed by atoms with Crippen molar-refractivity contribution in [2.24, 2.45) is 5.92 Å². The number of likely N-dealkylation sites (tertiary alicyclic amines) is 1. The van der Waals surface area contributed by atoms with Crippen molar-refractivity contribution in [1.29, 1.82) is 0 Å². The second-order valence-electron chi connectivity index (χ2n) is 3.97. The van der Waals surface area contributed by atoms with Gasteiger partial charge in [0, 0.05) is 19.1 Å². The molecule has 1 aliphatic rings. The number of hydrogen-bond acceptors (Lipinski definition) is 2. The Kier molecular flexibility index (Phi) is 3.53. The Labute approximate surface area is 76.5 Å². The van der Waals surface area contributed by atoms with Gasteiger partial charge in [0.05, 0.1) is 0 Å². The van der Waals surface area contributed by atoms with Gasteiger partial charge in [-0.25, -0.2) is 0 Å². The summed E-state index contributed by atoms with van der Waals surface area (Å²) in [4.78, 5) is 5.02. The third-order valence-corrected chi connectivity index (χ3v) is 3.16. The number of nitrogens with zero attached hydrogens (tertiary/aromatic N) is 2. The van der Waals surface area contributed by atoms with E-state index in [0.29, 0.717) is 0 Å². The Bertz CT molecular complexity index is 136. The van der Waals surface area contributed by atoms with E-state index in [1.165, 1.54) is 26.2 Å². The summed E-state index contributed by atoms with van der Waals surface area (Å²) in [6, 6.07) is 0.787. The van der Waals surface area contributed by atoms with Crippen LogP contribution in [0.25, 0.3) is 0 Å². The molecule has 0 N–H and O–H groups in total. The molecular weight excluding hydrogens is 148 g/mol. The van der Waals surface area contributed by atoms with Gasteiger partial charge in [0.2, 0.25) is 0 Å². The van der Waals surface area contributed by atoms with Crippen LogP contribution in [0.2, 0.25) is 0 Å². The van der Waals surface area contributed by atoms with E-state index in [0.717, 1.165) is 12.0 Å². The first kappa shape index (κ1) is 10.0. The van der Waals surface area contributed by atoms with Gasteiger partial charge in [0.15, 0.2) is 0 Å². The van der Waals surface area contributed by atoms with Crippen LogP contribution >= 0.6 is 0 Å². The van der Waals surface area contributed by atoms with E-state index in [-0.39, 0.29) is 0 Å². The van der Waals surface area contributed by atoms with Crippen LogP contribution in [0.3, 0.4) is 0 Å². The Morgan fingerprint density at radius 2 is 2.00 bits per heavy atom. The highest BCUT2D eigenvalue weighted by molar-refractivity contribution is 4.86. The lowest BCUT2D eigenvalue weighted by atomic mass is 10.1. The average molecular weight is 170 g/mol. The first-order valence-corrected chi connectivity index (χ1v) is 5.11. The Morgan fingerprint density at radius 1 is 1.33 bits per heavy atom. The predicted octanol–water partition coefficient (Wildman–Crippen LogP) is 1.28. The molecule has 0 saturated carbocycles. The Balaban J connectivity index is 2.45. The number of rotatable bonds is 3. The SMILES string of the molecule is CCN1CC(C)C(N(C)CC)C1. The zero-order valence-corrected chi connectivity index (χ0v) is 8.88. The summed E-state index contributed by atoms with van der Waals surface area (Å²) in [6.45, 7) is 11.8. The van der Waals surface area contributed by atoms with Crippen LogP contribution in [-0.4, -0.2) is 49.1 Å². The molecule has 12 heavy (non-hydrogen) atoms. The van der Waals surface area contributed by atoms with Crippen molar-refractivity contribution < 1.29 is 0 Å². The van der Waals surface area contributed by atoms with Crippen molar-refractivity contribution in [3.05, 3.63) is 0 Å². The second-order valence-corrected chi connectivity index (χ2v) is 3.97. The van der Waals surface area contributed by atoms with Crippen LogP contribution < -0.4 is 0 Å². The van der Waals surface area contributed by atoms with Crippen LogP contribution in [0.1, 0.15) is 20.8 Å². The van der Waals surface area contributed by atoms with E-state index in [1.807, 2.05) is 0 Å². The second kappa shape index (κ2) is 4.24. The molecular formula is C10H22N2. The summed E-state index contributed by atoms with van der Waals surface area (Å²) in [6.07, 6.45) is 0. The van der Waals surface area contributed by atoms with Gasteiger partial charge in [-0.2, -0.15) is 0 Å². The molecule has 2 heteroatoms. The predicted molar refractivity (Wildman–Crippen MR) is 53.4 cm³/mol. The molecule has 0 aromatic carbocycles. The largest absolute Gasteiger partial charge is 0.302 e. The topological polar surface area (TPSA) is 6.48 Å². The fourth-order valence-corrected chi connectivity index (χ4v) is 2.11. The molecule has 1 rings (SSSR count). The normalized spacial score (nSPS) is 31.8. The first-order valence-electron chi connectivity index (χ1n) is 5.11. The van der Waals surface area contributed by atoms with Gasteiger partial charge in [-0.05, 0) is 26.1 Å². The van der Waals surface area contributed by atoms with E-state index in [2.05, 4.69) is 37.6 Å². The van der Waals surface area contributed by atoms with Gasteiger partial charge in [-0.1, -0.05) is 20.8 Å². The fourth-order valence-electron chi connectivity index (χ4n) is 2.11. The van der Waals surface area contributed by atoms with Gasteiger partial charge >= 0.3 is 0 Å².